The summed E-state index contributed by atoms with van der Waals surface area (Å²) < 4.78 is 0. The van der Waals surface area contributed by atoms with E-state index in [1.165, 1.54) is 22.3 Å². The van der Waals surface area contributed by atoms with Gasteiger partial charge in [-0.1, -0.05) is 60.6 Å². The molecule has 0 unspecified atom stereocenters. The fraction of sp³-hybridized carbons (Fsp3) is 0.647. The SMILES string of the molecule is CC.CC.CC.CCc1c(C)ccc(C)c1C. The van der Waals surface area contributed by atoms with E-state index in [4.69, 9.17) is 0 Å². The van der Waals surface area contributed by atoms with E-state index < -0.39 is 0 Å². The smallest absolute Gasteiger partial charge is 0.0302 e. The molecular weight excluding hydrogens is 204 g/mol. The molecule has 1 aromatic rings. The van der Waals surface area contributed by atoms with Gasteiger partial charge in [0.1, 0.15) is 0 Å². The number of hydrogen-bond donors (Lipinski definition) is 0. The summed E-state index contributed by atoms with van der Waals surface area (Å²) in [4.78, 5) is 0. The van der Waals surface area contributed by atoms with Crippen molar-refractivity contribution in [3.8, 4) is 0 Å². The van der Waals surface area contributed by atoms with Crippen LogP contribution in [-0.2, 0) is 6.42 Å². The molecule has 0 heteroatoms. The standard InChI is InChI=1S/C11H16.3C2H6/c1-5-11-9(3)7-6-8(2)10(11)4;3*1-2/h6-7H,5H2,1-4H3;3*1-2H3. The first-order chi connectivity index (χ1) is 8.16. The molecule has 0 aliphatic carbocycles. The van der Waals surface area contributed by atoms with Crippen LogP contribution in [0.1, 0.15) is 70.7 Å². The Morgan fingerprint density at radius 3 is 1.35 bits per heavy atom. The van der Waals surface area contributed by atoms with Gasteiger partial charge in [-0.15, -0.1) is 0 Å². The van der Waals surface area contributed by atoms with Gasteiger partial charge in [-0.2, -0.15) is 0 Å². The summed E-state index contributed by atoms with van der Waals surface area (Å²) in [5.74, 6) is 0. The van der Waals surface area contributed by atoms with Gasteiger partial charge in [-0.3, -0.25) is 0 Å². The molecule has 0 atom stereocenters. The lowest BCUT2D eigenvalue weighted by Crippen LogP contribution is -1.93. The van der Waals surface area contributed by atoms with E-state index in [9.17, 15) is 0 Å². The summed E-state index contributed by atoms with van der Waals surface area (Å²) in [6.07, 6.45) is 1.15. The molecule has 0 aliphatic heterocycles. The molecule has 0 amide bonds. The van der Waals surface area contributed by atoms with E-state index in [2.05, 4.69) is 39.8 Å². The molecule has 1 rings (SSSR count). The molecule has 0 saturated carbocycles. The Bertz CT molecular complexity index is 259. The van der Waals surface area contributed by atoms with Gasteiger partial charge in [0, 0.05) is 0 Å². The van der Waals surface area contributed by atoms with Crippen LogP contribution in [0.25, 0.3) is 0 Å². The minimum absolute atomic E-state index is 1.15. The van der Waals surface area contributed by atoms with Crippen molar-refractivity contribution in [1.29, 1.82) is 0 Å². The molecule has 0 radical (unpaired) electrons. The van der Waals surface area contributed by atoms with Crippen LogP contribution < -0.4 is 0 Å². The first-order valence-corrected chi connectivity index (χ1v) is 7.22. The zero-order valence-corrected chi connectivity index (χ0v) is 13.9. The highest BCUT2D eigenvalue weighted by molar-refractivity contribution is 5.38. The molecule has 17 heavy (non-hydrogen) atoms. The molecule has 0 N–H and O–H groups in total. The molecular formula is C17H34. The van der Waals surface area contributed by atoms with Crippen molar-refractivity contribution in [1.82, 2.24) is 0 Å². The molecule has 0 bridgehead atoms. The number of aryl methyl sites for hydroxylation is 2. The number of hydrogen-bond acceptors (Lipinski definition) is 0. The summed E-state index contributed by atoms with van der Waals surface area (Å²) in [7, 11) is 0. The zero-order chi connectivity index (χ0) is 14.4. The Kier molecular flexibility index (Phi) is 19.2. The first kappa shape index (κ1) is 21.5. The fourth-order valence-electron chi connectivity index (χ4n) is 1.55. The van der Waals surface area contributed by atoms with E-state index in [1.54, 1.807) is 0 Å². The second-order valence-corrected chi connectivity index (χ2v) is 3.16. The molecule has 0 spiro atoms. The average molecular weight is 238 g/mol. The predicted octanol–water partition coefficient (Wildman–Crippen LogP) is 6.25. The van der Waals surface area contributed by atoms with Crippen molar-refractivity contribution in [3.63, 3.8) is 0 Å². The van der Waals surface area contributed by atoms with Crippen LogP contribution in [0.4, 0.5) is 0 Å². The molecule has 102 valence electrons. The zero-order valence-electron chi connectivity index (χ0n) is 13.9. The second-order valence-electron chi connectivity index (χ2n) is 3.16. The molecule has 0 aliphatic rings. The lowest BCUT2D eigenvalue weighted by Gasteiger charge is -2.09. The summed E-state index contributed by atoms with van der Waals surface area (Å²) in [5, 5.41) is 0. The van der Waals surface area contributed by atoms with Gasteiger partial charge in [0.05, 0.1) is 0 Å². The third-order valence-electron chi connectivity index (χ3n) is 2.46. The van der Waals surface area contributed by atoms with E-state index in [-0.39, 0.29) is 0 Å². The van der Waals surface area contributed by atoms with Gasteiger partial charge in [0.15, 0.2) is 0 Å². The lowest BCUT2D eigenvalue weighted by atomic mass is 9.97. The minimum Gasteiger partial charge on any atom is -0.0683 e. The van der Waals surface area contributed by atoms with E-state index in [0.29, 0.717) is 0 Å². The van der Waals surface area contributed by atoms with E-state index in [1.807, 2.05) is 41.5 Å². The highest BCUT2D eigenvalue weighted by Gasteiger charge is 2.01. The van der Waals surface area contributed by atoms with Crippen molar-refractivity contribution in [2.24, 2.45) is 0 Å². The maximum absolute atomic E-state index is 2.22. The van der Waals surface area contributed by atoms with Gasteiger partial charge >= 0.3 is 0 Å². The molecule has 0 saturated heterocycles. The molecule has 1 aromatic carbocycles. The maximum Gasteiger partial charge on any atom is -0.0302 e. The van der Waals surface area contributed by atoms with Crippen molar-refractivity contribution in [2.45, 2.75) is 75.7 Å². The van der Waals surface area contributed by atoms with Crippen LogP contribution >= 0.6 is 0 Å². The minimum atomic E-state index is 1.15. The van der Waals surface area contributed by atoms with Crippen molar-refractivity contribution in [2.75, 3.05) is 0 Å². The van der Waals surface area contributed by atoms with Gasteiger partial charge in [-0.05, 0) is 49.4 Å². The largest absolute Gasteiger partial charge is 0.0683 e. The van der Waals surface area contributed by atoms with Crippen molar-refractivity contribution in [3.05, 3.63) is 34.4 Å². The molecule has 0 nitrogen and oxygen atoms in total. The third kappa shape index (κ3) is 8.01. The maximum atomic E-state index is 2.22. The summed E-state index contributed by atoms with van der Waals surface area (Å²) in [5.41, 5.74) is 5.82. The summed E-state index contributed by atoms with van der Waals surface area (Å²) in [6.45, 7) is 20.8. The Balaban J connectivity index is -0.000000285. The van der Waals surface area contributed by atoms with Crippen LogP contribution in [0.15, 0.2) is 12.1 Å². The number of rotatable bonds is 1. The highest BCUT2D eigenvalue weighted by Crippen LogP contribution is 2.17. The van der Waals surface area contributed by atoms with Crippen LogP contribution in [0.2, 0.25) is 0 Å². The predicted molar refractivity (Wildman–Crippen MR) is 84.1 cm³/mol. The van der Waals surface area contributed by atoms with Gasteiger partial charge in [-0.25, -0.2) is 0 Å². The lowest BCUT2D eigenvalue weighted by molar-refractivity contribution is 1.07. The van der Waals surface area contributed by atoms with Crippen LogP contribution in [-0.4, -0.2) is 0 Å². The van der Waals surface area contributed by atoms with Crippen molar-refractivity contribution < 1.29 is 0 Å². The van der Waals surface area contributed by atoms with E-state index in [0.717, 1.165) is 6.42 Å². The molecule has 0 heterocycles. The quantitative estimate of drug-likeness (QED) is 0.542. The van der Waals surface area contributed by atoms with E-state index >= 15 is 0 Å². The Morgan fingerprint density at radius 1 is 0.706 bits per heavy atom. The van der Waals surface area contributed by atoms with Gasteiger partial charge in [0.25, 0.3) is 0 Å². The summed E-state index contributed by atoms with van der Waals surface area (Å²) in [6, 6.07) is 4.41. The van der Waals surface area contributed by atoms with Crippen LogP contribution in [0.3, 0.4) is 0 Å². The number of benzene rings is 1. The normalized spacial score (nSPS) is 7.65. The third-order valence-corrected chi connectivity index (χ3v) is 2.46. The van der Waals surface area contributed by atoms with Crippen LogP contribution in [0, 0.1) is 20.8 Å². The molecule has 0 fully saturated rings. The Labute approximate surface area is 110 Å². The highest BCUT2D eigenvalue weighted by atomic mass is 14.1. The molecule has 0 aromatic heterocycles. The van der Waals surface area contributed by atoms with Gasteiger partial charge in [0.2, 0.25) is 0 Å². The first-order valence-electron chi connectivity index (χ1n) is 7.22. The van der Waals surface area contributed by atoms with Crippen LogP contribution in [0.5, 0.6) is 0 Å². The Morgan fingerprint density at radius 2 is 1.06 bits per heavy atom. The fourth-order valence-corrected chi connectivity index (χ4v) is 1.55. The van der Waals surface area contributed by atoms with Crippen molar-refractivity contribution >= 4 is 0 Å². The summed E-state index contributed by atoms with van der Waals surface area (Å²) >= 11 is 0. The topological polar surface area (TPSA) is 0 Å². The Hall–Kier alpha value is -0.780. The average Bonchev–Trinajstić information content (AvgIpc) is 2.42. The monoisotopic (exact) mass is 238 g/mol. The second kappa shape index (κ2) is 15.2. The van der Waals surface area contributed by atoms with Gasteiger partial charge < -0.3 is 0 Å².